The van der Waals surface area contributed by atoms with E-state index in [1.807, 2.05) is 0 Å². The number of nitrogens with zero attached hydrogens (tertiary/aromatic N) is 4. The van der Waals surface area contributed by atoms with Crippen molar-refractivity contribution in [1.82, 2.24) is 24.8 Å². The molecule has 0 aromatic carbocycles. The molecule has 7 heteroatoms. The lowest BCUT2D eigenvalue weighted by atomic mass is 9.87. The van der Waals surface area contributed by atoms with E-state index in [0.717, 1.165) is 25.9 Å². The van der Waals surface area contributed by atoms with Crippen LogP contribution in [0.15, 0.2) is 31.0 Å². The topological polar surface area (TPSA) is 92.9 Å². The van der Waals surface area contributed by atoms with Crippen molar-refractivity contribution in [2.24, 2.45) is 5.92 Å². The van der Waals surface area contributed by atoms with E-state index in [-0.39, 0.29) is 11.9 Å². The number of carbonyl (C=O) groups excluding carboxylic acids is 1. The van der Waals surface area contributed by atoms with Gasteiger partial charge >= 0.3 is 0 Å². The van der Waals surface area contributed by atoms with Gasteiger partial charge in [-0.1, -0.05) is 6.92 Å². The van der Waals surface area contributed by atoms with Gasteiger partial charge in [0.1, 0.15) is 12.0 Å². The minimum Gasteiger partial charge on any atom is -0.400 e. The van der Waals surface area contributed by atoms with Gasteiger partial charge in [0.15, 0.2) is 0 Å². The monoisotopic (exact) mass is 317 g/mol. The zero-order valence-electron chi connectivity index (χ0n) is 13.5. The second-order valence-corrected chi connectivity index (χ2v) is 5.64. The fourth-order valence-corrected chi connectivity index (χ4v) is 2.64. The van der Waals surface area contributed by atoms with Crippen LogP contribution in [0.5, 0.6) is 0 Å². The SMILES string of the molecule is CC1CCC(NC(=O)c2ccnc(-n3ccnc3)n2)CC1.CO. The third-order valence-electron chi connectivity index (χ3n) is 3.96. The van der Waals surface area contributed by atoms with E-state index in [2.05, 4.69) is 27.2 Å². The van der Waals surface area contributed by atoms with Crippen LogP contribution in [-0.4, -0.2) is 43.7 Å². The molecular formula is C16H23N5O2. The number of aliphatic hydroxyl groups excluding tert-OH is 1. The van der Waals surface area contributed by atoms with Crippen molar-refractivity contribution in [3.63, 3.8) is 0 Å². The smallest absolute Gasteiger partial charge is 0.270 e. The molecule has 1 aliphatic rings. The van der Waals surface area contributed by atoms with Crippen molar-refractivity contribution in [2.45, 2.75) is 38.6 Å². The fourth-order valence-electron chi connectivity index (χ4n) is 2.64. The molecule has 2 aromatic heterocycles. The van der Waals surface area contributed by atoms with Gasteiger partial charge in [0, 0.05) is 31.7 Å². The Morgan fingerprint density at radius 3 is 2.65 bits per heavy atom. The second kappa shape index (κ2) is 8.38. The Morgan fingerprint density at radius 1 is 1.26 bits per heavy atom. The molecule has 2 N–H and O–H groups in total. The second-order valence-electron chi connectivity index (χ2n) is 5.64. The first-order valence-electron chi connectivity index (χ1n) is 7.79. The first kappa shape index (κ1) is 17.1. The summed E-state index contributed by atoms with van der Waals surface area (Å²) in [5.41, 5.74) is 0.396. The Morgan fingerprint density at radius 2 is 2.00 bits per heavy atom. The van der Waals surface area contributed by atoms with Gasteiger partial charge in [-0.2, -0.15) is 0 Å². The van der Waals surface area contributed by atoms with Crippen LogP contribution >= 0.6 is 0 Å². The molecule has 3 rings (SSSR count). The van der Waals surface area contributed by atoms with E-state index < -0.39 is 0 Å². The van der Waals surface area contributed by atoms with Crippen LogP contribution in [0.25, 0.3) is 5.95 Å². The number of aromatic nitrogens is 4. The Bertz CT molecular complexity index is 607. The molecule has 0 atom stereocenters. The number of amides is 1. The zero-order chi connectivity index (χ0) is 16.7. The molecule has 0 spiro atoms. The number of nitrogens with one attached hydrogen (secondary N) is 1. The van der Waals surface area contributed by atoms with Gasteiger partial charge in [0.2, 0.25) is 5.95 Å². The van der Waals surface area contributed by atoms with Crippen LogP contribution in [-0.2, 0) is 0 Å². The van der Waals surface area contributed by atoms with E-state index in [9.17, 15) is 4.79 Å². The molecule has 23 heavy (non-hydrogen) atoms. The summed E-state index contributed by atoms with van der Waals surface area (Å²) in [5, 5.41) is 10.1. The number of carbonyl (C=O) groups is 1. The summed E-state index contributed by atoms with van der Waals surface area (Å²) in [5.74, 6) is 1.10. The van der Waals surface area contributed by atoms with Crippen molar-refractivity contribution in [3.05, 3.63) is 36.7 Å². The lowest BCUT2D eigenvalue weighted by Gasteiger charge is -2.26. The average Bonchev–Trinajstić information content (AvgIpc) is 3.13. The number of imidazole rings is 1. The summed E-state index contributed by atoms with van der Waals surface area (Å²) in [4.78, 5) is 24.7. The lowest BCUT2D eigenvalue weighted by Crippen LogP contribution is -2.37. The Hall–Kier alpha value is -2.28. The number of hydrogen-bond donors (Lipinski definition) is 2. The molecule has 0 bridgehead atoms. The molecule has 2 aromatic rings. The molecule has 0 unspecified atom stereocenters. The third-order valence-corrected chi connectivity index (χ3v) is 3.96. The van der Waals surface area contributed by atoms with E-state index in [0.29, 0.717) is 11.6 Å². The molecule has 2 heterocycles. The van der Waals surface area contributed by atoms with Gasteiger partial charge in [-0.25, -0.2) is 15.0 Å². The first-order chi connectivity index (χ1) is 11.2. The van der Waals surface area contributed by atoms with E-state index >= 15 is 0 Å². The van der Waals surface area contributed by atoms with Crippen molar-refractivity contribution in [3.8, 4) is 5.95 Å². The Balaban J connectivity index is 0.000000924. The highest BCUT2D eigenvalue weighted by Crippen LogP contribution is 2.23. The van der Waals surface area contributed by atoms with Gasteiger partial charge in [-0.15, -0.1) is 0 Å². The maximum absolute atomic E-state index is 12.3. The minimum absolute atomic E-state index is 0.127. The fraction of sp³-hybridized carbons (Fsp3) is 0.500. The minimum atomic E-state index is -0.127. The largest absolute Gasteiger partial charge is 0.400 e. The predicted molar refractivity (Wildman–Crippen MR) is 86.2 cm³/mol. The van der Waals surface area contributed by atoms with Gasteiger partial charge in [-0.3, -0.25) is 9.36 Å². The number of aliphatic hydroxyl groups is 1. The van der Waals surface area contributed by atoms with Crippen LogP contribution in [0.2, 0.25) is 0 Å². The first-order valence-corrected chi connectivity index (χ1v) is 7.79. The summed E-state index contributed by atoms with van der Waals surface area (Å²) < 4.78 is 1.68. The summed E-state index contributed by atoms with van der Waals surface area (Å²) in [6.07, 6.45) is 11.1. The van der Waals surface area contributed by atoms with E-state index in [4.69, 9.17) is 5.11 Å². The summed E-state index contributed by atoms with van der Waals surface area (Å²) in [6, 6.07) is 1.90. The van der Waals surface area contributed by atoms with E-state index in [1.165, 1.54) is 12.8 Å². The zero-order valence-corrected chi connectivity index (χ0v) is 13.5. The molecule has 7 nitrogen and oxygen atoms in total. The predicted octanol–water partition coefficient (Wildman–Crippen LogP) is 1.58. The van der Waals surface area contributed by atoms with E-state index in [1.54, 1.807) is 35.6 Å². The quantitative estimate of drug-likeness (QED) is 0.896. The highest BCUT2D eigenvalue weighted by molar-refractivity contribution is 5.92. The van der Waals surface area contributed by atoms with Crippen molar-refractivity contribution in [1.29, 1.82) is 0 Å². The van der Waals surface area contributed by atoms with Crippen molar-refractivity contribution in [2.75, 3.05) is 7.11 Å². The molecule has 0 saturated heterocycles. The van der Waals surface area contributed by atoms with Crippen LogP contribution in [0, 0.1) is 5.92 Å². The Labute approximate surface area is 135 Å². The lowest BCUT2D eigenvalue weighted by molar-refractivity contribution is 0.0917. The van der Waals surface area contributed by atoms with Crippen molar-refractivity contribution < 1.29 is 9.90 Å². The molecule has 0 radical (unpaired) electrons. The van der Waals surface area contributed by atoms with Crippen LogP contribution in [0.1, 0.15) is 43.1 Å². The van der Waals surface area contributed by atoms with Gasteiger partial charge in [0.05, 0.1) is 0 Å². The maximum atomic E-state index is 12.3. The van der Waals surface area contributed by atoms with Crippen LogP contribution < -0.4 is 5.32 Å². The highest BCUT2D eigenvalue weighted by Gasteiger charge is 2.21. The van der Waals surface area contributed by atoms with Gasteiger partial charge in [0.25, 0.3) is 5.91 Å². The summed E-state index contributed by atoms with van der Waals surface area (Å²) in [7, 11) is 1.00. The standard InChI is InChI=1S/C15H19N5O.CH4O/c1-11-2-4-12(5-3-11)18-14(21)13-6-7-17-15(19-13)20-9-8-16-10-20;1-2/h6-12H,2-5H2,1H3,(H,18,21);2H,1H3. The normalized spacial score (nSPS) is 20.3. The maximum Gasteiger partial charge on any atom is 0.270 e. The third kappa shape index (κ3) is 4.59. The Kier molecular flexibility index (Phi) is 6.22. The molecule has 124 valence electrons. The van der Waals surface area contributed by atoms with Gasteiger partial charge < -0.3 is 10.4 Å². The summed E-state index contributed by atoms with van der Waals surface area (Å²) >= 11 is 0. The molecule has 1 fully saturated rings. The molecule has 1 saturated carbocycles. The van der Waals surface area contributed by atoms with Crippen LogP contribution in [0.4, 0.5) is 0 Å². The number of rotatable bonds is 3. The van der Waals surface area contributed by atoms with Gasteiger partial charge in [-0.05, 0) is 37.7 Å². The van der Waals surface area contributed by atoms with Crippen LogP contribution in [0.3, 0.4) is 0 Å². The molecule has 0 aliphatic heterocycles. The molecule has 1 amide bonds. The summed E-state index contributed by atoms with van der Waals surface area (Å²) in [6.45, 7) is 2.26. The molecule has 1 aliphatic carbocycles. The molecular weight excluding hydrogens is 294 g/mol. The number of hydrogen-bond acceptors (Lipinski definition) is 5. The highest BCUT2D eigenvalue weighted by atomic mass is 16.2. The van der Waals surface area contributed by atoms with Crippen molar-refractivity contribution >= 4 is 5.91 Å². The average molecular weight is 317 g/mol.